The fraction of sp³-hybridized carbons (Fsp3) is 0.394. The number of carboxylic acid groups (broad SMARTS) is 1. The maximum absolute atomic E-state index is 13.4. The van der Waals surface area contributed by atoms with Gasteiger partial charge in [-0.1, -0.05) is 50.2 Å². The number of aryl methyl sites for hydroxylation is 2. The minimum Gasteiger partial charge on any atom is -0.491 e. The fourth-order valence-electron chi connectivity index (χ4n) is 6.42. The molecule has 42 heavy (non-hydrogen) atoms. The van der Waals surface area contributed by atoms with E-state index in [1.54, 1.807) is 7.11 Å². The molecule has 9 heteroatoms. The first kappa shape index (κ1) is 29.4. The van der Waals surface area contributed by atoms with Crippen molar-refractivity contribution in [3.05, 3.63) is 88.5 Å². The molecule has 0 bridgehead atoms. The number of primary amides is 1. The number of nitrogens with zero attached hydrogens (tertiary/aromatic N) is 1. The predicted octanol–water partition coefficient (Wildman–Crippen LogP) is 4.63. The third-order valence-corrected chi connectivity index (χ3v) is 8.35. The molecule has 2 aliphatic heterocycles. The molecule has 3 N–H and O–H groups in total. The van der Waals surface area contributed by atoms with E-state index in [4.69, 9.17) is 24.7 Å². The number of carbonyl (C=O) groups excluding carboxylic acids is 1. The number of ether oxygens (including phenoxy) is 4. The van der Waals surface area contributed by atoms with Crippen molar-refractivity contribution < 1.29 is 33.6 Å². The zero-order valence-corrected chi connectivity index (χ0v) is 24.2. The highest BCUT2D eigenvalue weighted by molar-refractivity contribution is 5.83. The Labute approximate surface area is 246 Å². The second kappa shape index (κ2) is 12.8. The van der Waals surface area contributed by atoms with Gasteiger partial charge in [-0.15, -0.1) is 0 Å². The van der Waals surface area contributed by atoms with E-state index in [0.717, 1.165) is 27.8 Å². The zero-order valence-electron chi connectivity index (χ0n) is 24.2. The van der Waals surface area contributed by atoms with E-state index >= 15 is 0 Å². The van der Waals surface area contributed by atoms with E-state index in [1.165, 1.54) is 0 Å². The van der Waals surface area contributed by atoms with Crippen LogP contribution in [0.5, 0.6) is 17.2 Å². The van der Waals surface area contributed by atoms with Crippen molar-refractivity contribution in [1.29, 1.82) is 0 Å². The highest BCUT2D eigenvalue weighted by Crippen LogP contribution is 2.51. The van der Waals surface area contributed by atoms with Gasteiger partial charge in [-0.05, 0) is 64.9 Å². The summed E-state index contributed by atoms with van der Waals surface area (Å²) in [7, 11) is 1.61. The fourth-order valence-corrected chi connectivity index (χ4v) is 6.42. The molecule has 0 spiro atoms. The molecule has 1 saturated heterocycles. The number of hydrogen-bond acceptors (Lipinski definition) is 7. The number of rotatable bonds is 12. The summed E-state index contributed by atoms with van der Waals surface area (Å²) in [5.41, 5.74) is 10.7. The normalized spacial score (nSPS) is 20.4. The molecule has 0 aliphatic carbocycles. The summed E-state index contributed by atoms with van der Waals surface area (Å²) in [5, 5.41) is 10.7. The van der Waals surface area contributed by atoms with Gasteiger partial charge in [0.15, 0.2) is 11.5 Å². The van der Waals surface area contributed by atoms with Gasteiger partial charge in [-0.2, -0.15) is 0 Å². The number of nitrogens with two attached hydrogens (primary N) is 1. The molecule has 2 aliphatic rings. The van der Waals surface area contributed by atoms with Crippen LogP contribution in [0.2, 0.25) is 0 Å². The van der Waals surface area contributed by atoms with Crippen molar-refractivity contribution in [3.8, 4) is 17.2 Å². The van der Waals surface area contributed by atoms with Crippen LogP contribution >= 0.6 is 0 Å². The van der Waals surface area contributed by atoms with Crippen molar-refractivity contribution in [1.82, 2.24) is 4.90 Å². The van der Waals surface area contributed by atoms with E-state index in [0.29, 0.717) is 49.8 Å². The Balaban J connectivity index is 1.64. The van der Waals surface area contributed by atoms with Gasteiger partial charge in [-0.25, -0.2) is 0 Å². The predicted molar refractivity (Wildman–Crippen MR) is 157 cm³/mol. The Bertz CT molecular complexity index is 1400. The summed E-state index contributed by atoms with van der Waals surface area (Å²) in [6.07, 6.45) is 1.43. The van der Waals surface area contributed by atoms with Crippen LogP contribution in [-0.2, 0) is 27.2 Å². The summed E-state index contributed by atoms with van der Waals surface area (Å²) >= 11 is 0. The van der Waals surface area contributed by atoms with Crippen LogP contribution in [0.25, 0.3) is 0 Å². The molecule has 222 valence electrons. The number of hydrogen-bond donors (Lipinski definition) is 2. The van der Waals surface area contributed by atoms with E-state index in [1.807, 2.05) is 65.6 Å². The Morgan fingerprint density at radius 1 is 0.976 bits per heavy atom. The molecule has 3 aromatic carbocycles. The second-order valence-corrected chi connectivity index (χ2v) is 10.6. The second-order valence-electron chi connectivity index (χ2n) is 10.6. The zero-order chi connectivity index (χ0) is 29.8. The topological polar surface area (TPSA) is 121 Å². The lowest BCUT2D eigenvalue weighted by Crippen LogP contribution is -2.40. The van der Waals surface area contributed by atoms with Crippen molar-refractivity contribution >= 4 is 11.9 Å². The highest BCUT2D eigenvalue weighted by atomic mass is 16.7. The van der Waals surface area contributed by atoms with Crippen LogP contribution in [0.15, 0.2) is 60.7 Å². The van der Waals surface area contributed by atoms with Crippen molar-refractivity contribution in [2.24, 2.45) is 11.7 Å². The largest absolute Gasteiger partial charge is 0.491 e. The third kappa shape index (κ3) is 5.67. The molecule has 3 aromatic rings. The molecule has 1 fully saturated rings. The molecule has 1 unspecified atom stereocenters. The van der Waals surface area contributed by atoms with Gasteiger partial charge in [0.1, 0.15) is 18.4 Å². The number of likely N-dealkylation sites (tertiary alicyclic amines) is 1. The van der Waals surface area contributed by atoms with Gasteiger partial charge in [0, 0.05) is 25.6 Å². The average Bonchev–Trinajstić information content (AvgIpc) is 3.62. The molecular formula is C33H38N2O7. The molecule has 0 aromatic heterocycles. The van der Waals surface area contributed by atoms with Gasteiger partial charge in [-0.3, -0.25) is 14.5 Å². The van der Waals surface area contributed by atoms with Gasteiger partial charge in [0.05, 0.1) is 12.5 Å². The van der Waals surface area contributed by atoms with Crippen LogP contribution < -0.4 is 19.9 Å². The summed E-state index contributed by atoms with van der Waals surface area (Å²) < 4.78 is 22.0. The quantitative estimate of drug-likeness (QED) is 0.301. The number of amides is 1. The van der Waals surface area contributed by atoms with Crippen LogP contribution in [0, 0.1) is 5.92 Å². The maximum Gasteiger partial charge on any atom is 0.309 e. The lowest BCUT2D eigenvalue weighted by Gasteiger charge is -2.35. The molecule has 5 rings (SSSR count). The summed E-state index contributed by atoms with van der Waals surface area (Å²) in [6, 6.07) is 17.5. The standard InChI is InChI=1S/C33H38N2O7/c1-4-20-7-6-8-21(5-2)28(20)31(32(34)36)35-18-25(23-11-14-26-27(17-23)42-19-41-26)29(33(37)38)30(35)22-9-12-24(13-10-22)40-16-15-39-3/h6-14,17,25,29-31H,4-5,15-16,18-19H2,1-3H3,(H2,34,36)(H,37,38)/t25-,29-,30+,31?/m1/s1. The van der Waals surface area contributed by atoms with Crippen molar-refractivity contribution in [2.45, 2.75) is 44.7 Å². The van der Waals surface area contributed by atoms with Crippen molar-refractivity contribution in [2.75, 3.05) is 33.7 Å². The van der Waals surface area contributed by atoms with E-state index in [-0.39, 0.29) is 6.79 Å². The van der Waals surface area contributed by atoms with E-state index < -0.39 is 35.8 Å². The van der Waals surface area contributed by atoms with Gasteiger partial charge in [0.2, 0.25) is 12.7 Å². The minimum absolute atomic E-state index is 0.122. The Kier molecular flexibility index (Phi) is 8.99. The van der Waals surface area contributed by atoms with Crippen LogP contribution in [0.4, 0.5) is 0 Å². The monoisotopic (exact) mass is 574 g/mol. The van der Waals surface area contributed by atoms with Gasteiger partial charge >= 0.3 is 5.97 Å². The van der Waals surface area contributed by atoms with E-state index in [2.05, 4.69) is 13.8 Å². The Morgan fingerprint density at radius 3 is 2.26 bits per heavy atom. The van der Waals surface area contributed by atoms with Crippen LogP contribution in [-0.4, -0.2) is 55.5 Å². The molecule has 9 nitrogen and oxygen atoms in total. The molecule has 0 saturated carbocycles. The van der Waals surface area contributed by atoms with Gasteiger partial charge in [0.25, 0.3) is 0 Å². The lowest BCUT2D eigenvalue weighted by molar-refractivity contribution is -0.143. The number of methoxy groups -OCH3 is 1. The third-order valence-electron chi connectivity index (χ3n) is 8.35. The number of carbonyl (C=O) groups is 2. The minimum atomic E-state index is -0.951. The van der Waals surface area contributed by atoms with Crippen LogP contribution in [0.1, 0.15) is 59.7 Å². The number of carboxylic acids is 1. The molecule has 4 atom stereocenters. The first-order valence-corrected chi connectivity index (χ1v) is 14.4. The molecule has 0 radical (unpaired) electrons. The average molecular weight is 575 g/mol. The number of aliphatic carboxylic acids is 1. The van der Waals surface area contributed by atoms with E-state index in [9.17, 15) is 14.7 Å². The first-order chi connectivity index (χ1) is 20.4. The SMILES string of the molecule is CCc1cccc(CC)c1C(C(N)=O)N1C[C@H](c2ccc3c(c2)OCO3)[C@@H](C(=O)O)[C@@H]1c1ccc(OCCOC)cc1. The smallest absolute Gasteiger partial charge is 0.309 e. The molecular weight excluding hydrogens is 536 g/mol. The summed E-state index contributed by atoms with van der Waals surface area (Å²) in [5.74, 6) is -0.915. The highest BCUT2D eigenvalue weighted by Gasteiger charge is 2.51. The lowest BCUT2D eigenvalue weighted by atomic mass is 9.82. The van der Waals surface area contributed by atoms with Crippen molar-refractivity contribution in [3.63, 3.8) is 0 Å². The number of fused-ring (bicyclic) bond motifs is 1. The first-order valence-electron chi connectivity index (χ1n) is 14.4. The summed E-state index contributed by atoms with van der Waals surface area (Å²) in [6.45, 7) is 5.38. The maximum atomic E-state index is 13.4. The Morgan fingerprint density at radius 2 is 1.64 bits per heavy atom. The number of benzene rings is 3. The Hall–Kier alpha value is -4.08. The summed E-state index contributed by atoms with van der Waals surface area (Å²) in [4.78, 5) is 28.6. The van der Waals surface area contributed by atoms with Crippen LogP contribution in [0.3, 0.4) is 0 Å². The molecule has 1 amide bonds. The van der Waals surface area contributed by atoms with Gasteiger partial charge < -0.3 is 29.8 Å². The molecule has 2 heterocycles.